The lowest BCUT2D eigenvalue weighted by Gasteiger charge is -2.19. The van der Waals surface area contributed by atoms with Crippen molar-refractivity contribution in [2.45, 2.75) is 67.6 Å². The molecule has 0 spiro atoms. The molecule has 4 unspecified atom stereocenters. The normalized spacial score (nSPS) is 19.3. The Morgan fingerprint density at radius 1 is 0.379 bits per heavy atom. The molecule has 0 radical (unpaired) electrons. The highest BCUT2D eigenvalue weighted by Gasteiger charge is 2.50. The number of hydrogen-bond donors (Lipinski definition) is 0. The molecule has 2 aliphatic rings. The van der Waals surface area contributed by atoms with Crippen molar-refractivity contribution in [3.63, 3.8) is 0 Å². The highest BCUT2D eigenvalue weighted by molar-refractivity contribution is 7.92. The first-order valence-electron chi connectivity index (χ1n) is 18.3. The van der Waals surface area contributed by atoms with Gasteiger partial charge in [0.05, 0.1) is 42.6 Å². The number of aryl methyl sites for hydroxylation is 2. The predicted octanol–water partition coefficient (Wildman–Crippen LogP) is 7.59. The molecule has 8 rings (SSSR count). The lowest BCUT2D eigenvalue weighted by atomic mass is 10.1. The number of ether oxygens (including phenoxy) is 5. The van der Waals surface area contributed by atoms with Crippen molar-refractivity contribution < 1.29 is 48.9 Å². The molecule has 11 nitrogen and oxygen atoms in total. The summed E-state index contributed by atoms with van der Waals surface area (Å²) in [5.74, 6) is 1.67. The molecule has 0 bridgehead atoms. The number of fused-ring (bicyclic) bond motifs is 1. The summed E-state index contributed by atoms with van der Waals surface area (Å²) in [6.45, 7) is 4.25. The van der Waals surface area contributed by atoms with E-state index in [2.05, 4.69) is 0 Å². The van der Waals surface area contributed by atoms with Gasteiger partial charge in [-0.2, -0.15) is 0 Å². The molecule has 58 heavy (non-hydrogen) atoms. The first-order chi connectivity index (χ1) is 27.8. The number of sulfone groups is 3. The van der Waals surface area contributed by atoms with E-state index in [0.717, 1.165) is 11.1 Å². The third-order valence-corrected chi connectivity index (χ3v) is 15.3. The van der Waals surface area contributed by atoms with E-state index in [1.165, 1.54) is 60.7 Å². The van der Waals surface area contributed by atoms with Crippen molar-refractivity contribution >= 4 is 29.5 Å². The summed E-state index contributed by atoms with van der Waals surface area (Å²) in [6.07, 6.45) is -1.77. The Morgan fingerprint density at radius 2 is 0.621 bits per heavy atom. The minimum absolute atomic E-state index is 0.0630. The van der Waals surface area contributed by atoms with Crippen LogP contribution in [0.3, 0.4) is 0 Å². The van der Waals surface area contributed by atoms with Crippen LogP contribution in [-0.4, -0.2) is 62.9 Å². The summed E-state index contributed by atoms with van der Waals surface area (Å²) >= 11 is 0. The van der Waals surface area contributed by atoms with E-state index in [-0.39, 0.29) is 42.6 Å². The van der Waals surface area contributed by atoms with E-state index in [0.29, 0.717) is 23.0 Å². The Labute approximate surface area is 337 Å². The first kappa shape index (κ1) is 39.3. The molecular formula is C44H38O11S3. The topological polar surface area (TPSA) is 149 Å². The van der Waals surface area contributed by atoms with E-state index >= 15 is 0 Å². The minimum Gasteiger partial charge on any atom is -0.485 e. The second-order valence-electron chi connectivity index (χ2n) is 14.0. The van der Waals surface area contributed by atoms with Gasteiger partial charge in [-0.25, -0.2) is 25.3 Å². The molecule has 2 aliphatic heterocycles. The van der Waals surface area contributed by atoms with Crippen molar-refractivity contribution in [2.24, 2.45) is 0 Å². The molecule has 2 fully saturated rings. The Morgan fingerprint density at radius 3 is 0.897 bits per heavy atom. The van der Waals surface area contributed by atoms with Gasteiger partial charge in [-0.3, -0.25) is 0 Å². The monoisotopic (exact) mass is 838 g/mol. The van der Waals surface area contributed by atoms with Gasteiger partial charge < -0.3 is 23.7 Å². The number of rotatable bonds is 12. The predicted molar refractivity (Wildman–Crippen MR) is 213 cm³/mol. The average Bonchev–Trinajstić information content (AvgIpc) is 3.82. The molecule has 4 atom stereocenters. The van der Waals surface area contributed by atoms with Crippen molar-refractivity contribution in [1.82, 2.24) is 0 Å². The van der Waals surface area contributed by atoms with Crippen LogP contribution in [0.5, 0.6) is 23.0 Å². The summed E-state index contributed by atoms with van der Waals surface area (Å²) in [7, 11) is -11.2. The van der Waals surface area contributed by atoms with Crippen molar-refractivity contribution in [1.29, 1.82) is 0 Å². The second-order valence-corrected chi connectivity index (χ2v) is 19.9. The van der Waals surface area contributed by atoms with Crippen molar-refractivity contribution in [3.8, 4) is 23.0 Å². The summed E-state index contributed by atoms with van der Waals surface area (Å²) in [4.78, 5) is 0.840. The third kappa shape index (κ3) is 7.98. The lowest BCUT2D eigenvalue weighted by molar-refractivity contribution is 0.0181. The van der Waals surface area contributed by atoms with Crippen LogP contribution in [0.2, 0.25) is 0 Å². The van der Waals surface area contributed by atoms with Gasteiger partial charge in [-0.1, -0.05) is 35.4 Å². The van der Waals surface area contributed by atoms with Crippen LogP contribution < -0.4 is 14.2 Å². The fourth-order valence-electron chi connectivity index (χ4n) is 6.73. The molecule has 0 aromatic heterocycles. The fraction of sp³-hybridized carbons (Fsp3) is 0.182. The van der Waals surface area contributed by atoms with Gasteiger partial charge in [0, 0.05) is 0 Å². The largest absolute Gasteiger partial charge is 0.485 e. The van der Waals surface area contributed by atoms with Crippen molar-refractivity contribution in [3.05, 3.63) is 157 Å². The molecule has 0 saturated carbocycles. The number of benzene rings is 6. The van der Waals surface area contributed by atoms with Gasteiger partial charge in [-0.05, 0) is 135 Å². The fourth-order valence-corrected chi connectivity index (χ4v) is 10.5. The summed E-state index contributed by atoms with van der Waals surface area (Å²) in [5.41, 5.74) is 1.93. The zero-order chi connectivity index (χ0) is 40.7. The van der Waals surface area contributed by atoms with E-state index in [1.807, 2.05) is 13.8 Å². The quantitative estimate of drug-likeness (QED) is 0.120. The molecular weight excluding hydrogens is 801 g/mol. The van der Waals surface area contributed by atoms with Crippen LogP contribution in [0.25, 0.3) is 0 Å². The average molecular weight is 839 g/mol. The van der Waals surface area contributed by atoms with Gasteiger partial charge in [0.15, 0.2) is 12.2 Å². The van der Waals surface area contributed by atoms with Crippen LogP contribution in [0.1, 0.15) is 11.1 Å². The molecule has 2 saturated heterocycles. The first-order valence-corrected chi connectivity index (χ1v) is 22.8. The smallest absolute Gasteiger partial charge is 0.206 e. The Hall–Kier alpha value is -5.51. The summed E-state index contributed by atoms with van der Waals surface area (Å²) in [5, 5.41) is 0. The van der Waals surface area contributed by atoms with Crippen LogP contribution in [0.15, 0.2) is 175 Å². The highest BCUT2D eigenvalue weighted by atomic mass is 32.2. The maximum Gasteiger partial charge on any atom is 0.206 e. The van der Waals surface area contributed by atoms with Crippen LogP contribution >= 0.6 is 0 Å². The molecule has 6 aromatic carbocycles. The zero-order valence-electron chi connectivity index (χ0n) is 31.3. The molecule has 298 valence electrons. The van der Waals surface area contributed by atoms with E-state index < -0.39 is 53.9 Å². The molecule has 0 N–H and O–H groups in total. The van der Waals surface area contributed by atoms with Crippen LogP contribution in [0.4, 0.5) is 0 Å². The Balaban J connectivity index is 0.852. The highest BCUT2D eigenvalue weighted by Crippen LogP contribution is 2.34. The summed E-state index contributed by atoms with van der Waals surface area (Å²) in [6, 6.07) is 37.6. The second kappa shape index (κ2) is 15.7. The summed E-state index contributed by atoms with van der Waals surface area (Å²) < 4.78 is 109. The van der Waals surface area contributed by atoms with Gasteiger partial charge in [0.1, 0.15) is 35.2 Å². The molecule has 14 heteroatoms. The van der Waals surface area contributed by atoms with Crippen LogP contribution in [-0.2, 0) is 39.0 Å². The van der Waals surface area contributed by atoms with Gasteiger partial charge >= 0.3 is 0 Å². The van der Waals surface area contributed by atoms with E-state index in [4.69, 9.17) is 23.7 Å². The van der Waals surface area contributed by atoms with Crippen molar-refractivity contribution in [2.75, 3.05) is 13.2 Å². The third-order valence-electron chi connectivity index (χ3n) is 9.97. The zero-order valence-corrected chi connectivity index (χ0v) is 33.7. The molecule has 0 aliphatic carbocycles. The molecule has 2 heterocycles. The molecule has 6 aromatic rings. The SMILES string of the molecule is Cc1ccc(S(=O)(=O)c2ccc(Oc3ccc(S(=O)(=O)c4ccc(OC5COC6C(Oc7ccc(S(=O)(=O)c8ccc(C)cc8)cc7)COC56)cc4)cc3)cc2)cc1. The maximum absolute atomic E-state index is 13.5. The maximum atomic E-state index is 13.5. The lowest BCUT2D eigenvalue weighted by Crippen LogP contribution is -2.36. The molecule has 0 amide bonds. The van der Waals surface area contributed by atoms with E-state index in [9.17, 15) is 25.3 Å². The van der Waals surface area contributed by atoms with Gasteiger partial charge in [0.25, 0.3) is 0 Å². The Kier molecular flexibility index (Phi) is 10.6. The standard InChI is InChI=1S/C44H38O11S3/c1-29-3-15-35(16-4-29)56(45,46)37-19-7-31(8-20-37)53-32-9-21-38(22-10-32)58(49,50)40-25-13-34(14-26-40)55-42-28-52-43-41(27-51-44(42)43)54-33-11-23-39(24-12-33)57(47,48)36-17-5-30(2)6-18-36/h3-26,41-44H,27-28H2,1-2H3. The Bertz CT molecular complexity index is 2740. The minimum atomic E-state index is -3.88. The van der Waals surface area contributed by atoms with Gasteiger partial charge in [0.2, 0.25) is 29.5 Å². The van der Waals surface area contributed by atoms with E-state index in [1.54, 1.807) is 84.9 Å². The van der Waals surface area contributed by atoms with Gasteiger partial charge in [-0.15, -0.1) is 0 Å². The van der Waals surface area contributed by atoms with Crippen LogP contribution in [0, 0.1) is 13.8 Å². The number of hydrogen-bond acceptors (Lipinski definition) is 11.